The maximum atomic E-state index is 10.7. The highest BCUT2D eigenvalue weighted by molar-refractivity contribution is 5.76. The van der Waals surface area contributed by atoms with Crippen LogP contribution in [0.3, 0.4) is 0 Å². The first-order valence-corrected chi connectivity index (χ1v) is 2.97. The van der Waals surface area contributed by atoms with E-state index in [4.69, 9.17) is 5.84 Å². The molecule has 0 saturated carbocycles. The Hall–Kier alpha value is -0.770. The Kier molecular flexibility index (Phi) is 1.32. The lowest BCUT2D eigenvalue weighted by Crippen LogP contribution is -2.39. The van der Waals surface area contributed by atoms with Gasteiger partial charge in [0.05, 0.1) is 6.04 Å². The normalized spacial score (nSPS) is 35.0. The predicted octanol–water partition coefficient (Wildman–Crippen LogP) is -0.338. The number of carbonyl (C=O) groups excluding carboxylic acids is 1. The van der Waals surface area contributed by atoms with Crippen molar-refractivity contribution in [1.29, 1.82) is 0 Å². The molecule has 1 fully saturated rings. The van der Waals surface area contributed by atoms with Crippen LogP contribution < -0.4 is 11.2 Å². The predicted molar refractivity (Wildman–Crippen MR) is 33.5 cm³/mol. The van der Waals surface area contributed by atoms with Gasteiger partial charge in [-0.05, 0) is 13.8 Å². The smallest absolute Gasteiger partial charge is 0.332 e. The van der Waals surface area contributed by atoms with Gasteiger partial charge in [0.2, 0.25) is 0 Å². The van der Waals surface area contributed by atoms with E-state index in [1.54, 1.807) is 0 Å². The van der Waals surface area contributed by atoms with Crippen LogP contribution in [0.2, 0.25) is 0 Å². The second-order valence-corrected chi connectivity index (χ2v) is 2.39. The highest BCUT2D eigenvalue weighted by Gasteiger charge is 2.30. The van der Waals surface area contributed by atoms with Gasteiger partial charge >= 0.3 is 6.03 Å². The molecule has 4 heteroatoms. The minimum Gasteiger partial charge on any atom is -0.332 e. The van der Waals surface area contributed by atoms with Gasteiger partial charge in [0.15, 0.2) is 0 Å². The Bertz CT molecular complexity index is 136. The topological polar surface area (TPSA) is 58.4 Å². The Labute approximate surface area is 54.0 Å². The van der Waals surface area contributed by atoms with Crippen molar-refractivity contribution in [3.8, 4) is 0 Å². The molecule has 0 aliphatic carbocycles. The molecule has 0 aromatic rings. The Balaban J connectivity index is 2.65. The summed E-state index contributed by atoms with van der Waals surface area (Å²) in [6.45, 7) is 3.83. The number of hydrazine groups is 1. The minimum atomic E-state index is -0.185. The number of hydrogen-bond acceptors (Lipinski definition) is 2. The third-order valence-corrected chi connectivity index (χ3v) is 1.75. The van der Waals surface area contributed by atoms with E-state index in [-0.39, 0.29) is 18.1 Å². The largest absolute Gasteiger partial charge is 0.332 e. The summed E-state index contributed by atoms with van der Waals surface area (Å²) in [4.78, 5) is 10.7. The summed E-state index contributed by atoms with van der Waals surface area (Å²) >= 11 is 0. The zero-order chi connectivity index (χ0) is 7.02. The van der Waals surface area contributed by atoms with Crippen LogP contribution >= 0.6 is 0 Å². The van der Waals surface area contributed by atoms with Crippen molar-refractivity contribution < 1.29 is 4.79 Å². The molecule has 3 N–H and O–H groups in total. The van der Waals surface area contributed by atoms with Crippen molar-refractivity contribution >= 4 is 6.03 Å². The molecule has 2 atom stereocenters. The van der Waals surface area contributed by atoms with Gasteiger partial charge in [-0.2, -0.15) is 0 Å². The molecule has 1 saturated heterocycles. The number of rotatable bonds is 0. The van der Waals surface area contributed by atoms with Gasteiger partial charge in [-0.25, -0.2) is 10.6 Å². The first kappa shape index (κ1) is 6.35. The van der Waals surface area contributed by atoms with Gasteiger partial charge in [0, 0.05) is 6.04 Å². The number of nitrogens with zero attached hydrogens (tertiary/aromatic N) is 1. The van der Waals surface area contributed by atoms with Gasteiger partial charge in [0.1, 0.15) is 0 Å². The van der Waals surface area contributed by atoms with Crippen molar-refractivity contribution in [3.63, 3.8) is 0 Å². The number of carbonyl (C=O) groups is 1. The van der Waals surface area contributed by atoms with Gasteiger partial charge in [-0.1, -0.05) is 0 Å². The van der Waals surface area contributed by atoms with Crippen molar-refractivity contribution in [1.82, 2.24) is 10.3 Å². The maximum Gasteiger partial charge on any atom is 0.332 e. The molecule has 0 radical (unpaired) electrons. The Morgan fingerprint density at radius 1 is 1.67 bits per heavy atom. The molecule has 2 amide bonds. The first-order valence-electron chi connectivity index (χ1n) is 2.97. The fraction of sp³-hybridized carbons (Fsp3) is 0.800. The van der Waals surface area contributed by atoms with E-state index in [0.717, 1.165) is 0 Å². The number of nitrogens with one attached hydrogen (secondary N) is 1. The average molecular weight is 129 g/mol. The zero-order valence-electron chi connectivity index (χ0n) is 5.59. The lowest BCUT2D eigenvalue weighted by Gasteiger charge is -2.13. The molecule has 1 heterocycles. The van der Waals surface area contributed by atoms with E-state index in [9.17, 15) is 4.79 Å². The van der Waals surface area contributed by atoms with Crippen molar-refractivity contribution in [2.24, 2.45) is 5.84 Å². The molecule has 0 aromatic carbocycles. The van der Waals surface area contributed by atoms with Gasteiger partial charge in [-0.3, -0.25) is 5.01 Å². The molecule has 52 valence electrons. The molecule has 0 aromatic heterocycles. The van der Waals surface area contributed by atoms with Crippen molar-refractivity contribution in [2.75, 3.05) is 0 Å². The quantitative estimate of drug-likeness (QED) is 0.347. The second-order valence-electron chi connectivity index (χ2n) is 2.39. The number of nitrogens with two attached hydrogens (primary N) is 1. The van der Waals surface area contributed by atoms with Crippen molar-refractivity contribution in [2.45, 2.75) is 25.9 Å². The zero-order valence-corrected chi connectivity index (χ0v) is 5.59. The van der Waals surface area contributed by atoms with E-state index in [1.807, 2.05) is 13.8 Å². The summed E-state index contributed by atoms with van der Waals surface area (Å²) in [5.41, 5.74) is 0. The Morgan fingerprint density at radius 3 is 2.33 bits per heavy atom. The third kappa shape index (κ3) is 0.853. The summed E-state index contributed by atoms with van der Waals surface area (Å²) in [5, 5.41) is 3.89. The SMILES string of the molecule is CC1NC(=O)N(N)[C@H]1C. The van der Waals surface area contributed by atoms with Gasteiger partial charge in [0.25, 0.3) is 0 Å². The molecular formula is C5H11N3O. The average Bonchev–Trinajstić information content (AvgIpc) is 1.98. The third-order valence-electron chi connectivity index (χ3n) is 1.75. The van der Waals surface area contributed by atoms with Gasteiger partial charge < -0.3 is 5.32 Å². The minimum absolute atomic E-state index is 0.109. The number of hydrogen-bond donors (Lipinski definition) is 2. The van der Waals surface area contributed by atoms with E-state index < -0.39 is 0 Å². The fourth-order valence-corrected chi connectivity index (χ4v) is 0.816. The Morgan fingerprint density at radius 2 is 2.22 bits per heavy atom. The summed E-state index contributed by atoms with van der Waals surface area (Å²) in [6.07, 6.45) is 0. The van der Waals surface area contributed by atoms with Crippen LogP contribution in [-0.4, -0.2) is 23.1 Å². The summed E-state index contributed by atoms with van der Waals surface area (Å²) in [5.74, 6) is 5.33. The van der Waals surface area contributed by atoms with Crippen LogP contribution in [0.15, 0.2) is 0 Å². The van der Waals surface area contributed by atoms with E-state index in [1.165, 1.54) is 5.01 Å². The maximum absolute atomic E-state index is 10.7. The van der Waals surface area contributed by atoms with Crippen LogP contribution in [0, 0.1) is 0 Å². The van der Waals surface area contributed by atoms with Crippen LogP contribution in [0.5, 0.6) is 0 Å². The first-order chi connectivity index (χ1) is 4.13. The lowest BCUT2D eigenvalue weighted by atomic mass is 10.2. The monoisotopic (exact) mass is 129 g/mol. The summed E-state index contributed by atoms with van der Waals surface area (Å²) in [7, 11) is 0. The van der Waals surface area contributed by atoms with Crippen LogP contribution in [0.25, 0.3) is 0 Å². The van der Waals surface area contributed by atoms with E-state index in [2.05, 4.69) is 5.32 Å². The number of urea groups is 1. The highest BCUT2D eigenvalue weighted by atomic mass is 16.2. The van der Waals surface area contributed by atoms with E-state index >= 15 is 0 Å². The molecule has 1 aliphatic rings. The summed E-state index contributed by atoms with van der Waals surface area (Å²) < 4.78 is 0. The van der Waals surface area contributed by atoms with E-state index in [0.29, 0.717) is 0 Å². The van der Waals surface area contributed by atoms with Crippen molar-refractivity contribution in [3.05, 3.63) is 0 Å². The summed E-state index contributed by atoms with van der Waals surface area (Å²) in [6, 6.07) is 0.0926. The molecule has 0 spiro atoms. The molecule has 0 bridgehead atoms. The number of amides is 2. The highest BCUT2D eigenvalue weighted by Crippen LogP contribution is 2.06. The molecule has 1 unspecified atom stereocenters. The van der Waals surface area contributed by atoms with Crippen LogP contribution in [0.1, 0.15) is 13.8 Å². The van der Waals surface area contributed by atoms with Gasteiger partial charge in [-0.15, -0.1) is 0 Å². The van der Waals surface area contributed by atoms with Crippen LogP contribution in [0.4, 0.5) is 4.79 Å². The second kappa shape index (κ2) is 1.88. The molecule has 9 heavy (non-hydrogen) atoms. The van der Waals surface area contributed by atoms with Crippen LogP contribution in [-0.2, 0) is 0 Å². The lowest BCUT2D eigenvalue weighted by molar-refractivity contribution is 0.207. The fourth-order valence-electron chi connectivity index (χ4n) is 0.816. The molecule has 4 nitrogen and oxygen atoms in total. The molecular weight excluding hydrogens is 118 g/mol. The molecule has 1 aliphatic heterocycles. The molecule has 1 rings (SSSR count). The standard InChI is InChI=1S/C5H11N3O/c1-3-4(2)8(6)5(9)7-3/h3-4H,6H2,1-2H3,(H,7,9)/t3?,4-/m0/s1.